The second-order valence-electron chi connectivity index (χ2n) is 8.00. The second kappa shape index (κ2) is 7.05. The van der Waals surface area contributed by atoms with Crippen molar-refractivity contribution < 1.29 is 9.84 Å². The lowest BCUT2D eigenvalue weighted by molar-refractivity contribution is 0.131. The van der Waals surface area contributed by atoms with Crippen LogP contribution in [0, 0.1) is 0 Å². The van der Waals surface area contributed by atoms with Crippen molar-refractivity contribution in [2.75, 3.05) is 0 Å². The summed E-state index contributed by atoms with van der Waals surface area (Å²) in [7, 11) is 0. The first-order valence-corrected chi connectivity index (χ1v) is 9.51. The zero-order valence-corrected chi connectivity index (χ0v) is 16.4. The second-order valence-corrected chi connectivity index (χ2v) is 8.00. The van der Waals surface area contributed by atoms with Crippen LogP contribution in [0.4, 0.5) is 0 Å². The topological polar surface area (TPSA) is 29.5 Å². The average molecular weight is 368 g/mol. The predicted octanol–water partition coefficient (Wildman–Crippen LogP) is 7.06. The molecule has 0 saturated carbocycles. The van der Waals surface area contributed by atoms with Gasteiger partial charge in [-0.25, -0.2) is 0 Å². The molecule has 0 atom stereocenters. The van der Waals surface area contributed by atoms with Crippen LogP contribution in [0.1, 0.15) is 20.8 Å². The molecule has 1 N–H and O–H groups in total. The van der Waals surface area contributed by atoms with E-state index in [1.165, 1.54) is 11.1 Å². The fraction of sp³-hybridized carbons (Fsp3) is 0.154. The van der Waals surface area contributed by atoms with Crippen molar-refractivity contribution in [2.45, 2.75) is 26.4 Å². The van der Waals surface area contributed by atoms with E-state index in [9.17, 15) is 5.11 Å². The summed E-state index contributed by atoms with van der Waals surface area (Å²) in [6, 6.07) is 28.4. The van der Waals surface area contributed by atoms with Gasteiger partial charge in [-0.15, -0.1) is 0 Å². The number of hydrogen-bond donors (Lipinski definition) is 1. The highest BCUT2D eigenvalue weighted by Crippen LogP contribution is 2.39. The van der Waals surface area contributed by atoms with E-state index in [4.69, 9.17) is 4.74 Å². The zero-order valence-electron chi connectivity index (χ0n) is 16.4. The van der Waals surface area contributed by atoms with Gasteiger partial charge in [-0.2, -0.15) is 0 Å². The molecule has 4 rings (SSSR count). The molecule has 2 heteroatoms. The Morgan fingerprint density at radius 3 is 2.11 bits per heavy atom. The van der Waals surface area contributed by atoms with Gasteiger partial charge >= 0.3 is 0 Å². The molecule has 4 aromatic rings. The van der Waals surface area contributed by atoms with Gasteiger partial charge in [-0.05, 0) is 78.1 Å². The summed E-state index contributed by atoms with van der Waals surface area (Å²) in [4.78, 5) is 0. The first-order chi connectivity index (χ1) is 13.4. The van der Waals surface area contributed by atoms with Crippen LogP contribution in [0.25, 0.3) is 33.0 Å². The Labute approximate surface area is 166 Å². The SMILES string of the molecule is CC(C)(C)Oc1ccc2c(-c3ccc(O)cc3)c(-c3ccccc3)ccc2c1. The van der Waals surface area contributed by atoms with Gasteiger partial charge in [0.1, 0.15) is 17.1 Å². The molecular weight excluding hydrogens is 344 g/mol. The van der Waals surface area contributed by atoms with Crippen molar-refractivity contribution in [1.82, 2.24) is 0 Å². The van der Waals surface area contributed by atoms with Crippen molar-refractivity contribution >= 4 is 10.8 Å². The minimum absolute atomic E-state index is 0.239. The van der Waals surface area contributed by atoms with Gasteiger partial charge in [-0.1, -0.05) is 60.7 Å². The third-order valence-corrected chi connectivity index (χ3v) is 4.66. The minimum atomic E-state index is -0.239. The molecule has 28 heavy (non-hydrogen) atoms. The van der Waals surface area contributed by atoms with Gasteiger partial charge in [0.05, 0.1) is 0 Å². The van der Waals surface area contributed by atoms with Gasteiger partial charge in [0.25, 0.3) is 0 Å². The molecule has 0 aromatic heterocycles. The molecule has 0 amide bonds. The molecule has 0 bridgehead atoms. The third-order valence-electron chi connectivity index (χ3n) is 4.66. The van der Waals surface area contributed by atoms with Crippen molar-refractivity contribution in [3.05, 3.63) is 84.9 Å². The summed E-state index contributed by atoms with van der Waals surface area (Å²) in [6.45, 7) is 6.16. The molecule has 0 unspecified atom stereocenters. The standard InChI is InChI=1S/C26H24O2/c1-26(2,3)28-22-14-16-24-20(17-22)11-15-23(18-7-5-4-6-8-18)25(24)19-9-12-21(27)13-10-19/h4-17,27H,1-3H3. The number of phenolic OH excluding ortho intramolecular Hbond substituents is 1. The van der Waals surface area contributed by atoms with Crippen LogP contribution in [0.3, 0.4) is 0 Å². The van der Waals surface area contributed by atoms with Crippen molar-refractivity contribution in [3.8, 4) is 33.8 Å². The fourth-order valence-electron chi connectivity index (χ4n) is 3.52. The van der Waals surface area contributed by atoms with E-state index in [-0.39, 0.29) is 11.4 Å². The molecule has 140 valence electrons. The van der Waals surface area contributed by atoms with Gasteiger partial charge < -0.3 is 9.84 Å². The van der Waals surface area contributed by atoms with E-state index < -0.39 is 0 Å². The largest absolute Gasteiger partial charge is 0.508 e. The van der Waals surface area contributed by atoms with E-state index >= 15 is 0 Å². The van der Waals surface area contributed by atoms with E-state index in [1.807, 2.05) is 24.3 Å². The smallest absolute Gasteiger partial charge is 0.120 e. The molecule has 4 aromatic carbocycles. The van der Waals surface area contributed by atoms with Crippen LogP contribution in [-0.4, -0.2) is 10.7 Å². The Morgan fingerprint density at radius 1 is 0.714 bits per heavy atom. The first kappa shape index (κ1) is 18.1. The molecule has 2 nitrogen and oxygen atoms in total. The van der Waals surface area contributed by atoms with E-state index in [2.05, 4.69) is 69.3 Å². The summed E-state index contributed by atoms with van der Waals surface area (Å²) in [5, 5.41) is 12.0. The Balaban J connectivity index is 1.95. The van der Waals surface area contributed by atoms with Crippen molar-refractivity contribution in [1.29, 1.82) is 0 Å². The lowest BCUT2D eigenvalue weighted by Crippen LogP contribution is -2.22. The Bertz CT molecular complexity index is 1100. The lowest BCUT2D eigenvalue weighted by atomic mass is 9.89. The molecule has 0 aliphatic carbocycles. The van der Waals surface area contributed by atoms with Gasteiger partial charge in [-0.3, -0.25) is 0 Å². The predicted molar refractivity (Wildman–Crippen MR) is 117 cm³/mol. The maximum Gasteiger partial charge on any atom is 0.120 e. The number of fused-ring (bicyclic) bond motifs is 1. The highest BCUT2D eigenvalue weighted by Gasteiger charge is 2.15. The van der Waals surface area contributed by atoms with Gasteiger partial charge in [0, 0.05) is 0 Å². The van der Waals surface area contributed by atoms with Crippen LogP contribution < -0.4 is 4.74 Å². The normalized spacial score (nSPS) is 11.5. The van der Waals surface area contributed by atoms with Crippen molar-refractivity contribution in [3.63, 3.8) is 0 Å². The fourth-order valence-corrected chi connectivity index (χ4v) is 3.52. The number of rotatable bonds is 3. The molecule has 0 radical (unpaired) electrons. The maximum atomic E-state index is 9.73. The van der Waals surface area contributed by atoms with Crippen LogP contribution in [-0.2, 0) is 0 Å². The van der Waals surface area contributed by atoms with Crippen LogP contribution in [0.2, 0.25) is 0 Å². The Hall–Kier alpha value is -3.26. The Morgan fingerprint density at radius 2 is 1.43 bits per heavy atom. The number of ether oxygens (including phenoxy) is 1. The van der Waals surface area contributed by atoms with Crippen LogP contribution in [0.15, 0.2) is 84.9 Å². The van der Waals surface area contributed by atoms with E-state index in [0.29, 0.717) is 0 Å². The average Bonchev–Trinajstić information content (AvgIpc) is 2.67. The van der Waals surface area contributed by atoms with Gasteiger partial charge in [0.15, 0.2) is 0 Å². The van der Waals surface area contributed by atoms with Crippen LogP contribution >= 0.6 is 0 Å². The number of aromatic hydroxyl groups is 1. The number of phenols is 1. The molecule has 0 fully saturated rings. The highest BCUT2D eigenvalue weighted by atomic mass is 16.5. The molecular formula is C26H24O2. The molecule has 0 aliphatic rings. The molecule has 0 spiro atoms. The highest BCUT2D eigenvalue weighted by molar-refractivity contribution is 6.04. The molecule has 0 heterocycles. The summed E-state index contributed by atoms with van der Waals surface area (Å²) in [5.74, 6) is 1.13. The van der Waals surface area contributed by atoms with E-state index in [0.717, 1.165) is 27.6 Å². The van der Waals surface area contributed by atoms with Crippen LogP contribution in [0.5, 0.6) is 11.5 Å². The summed E-state index contributed by atoms with van der Waals surface area (Å²) in [6.07, 6.45) is 0. The van der Waals surface area contributed by atoms with Crippen molar-refractivity contribution in [2.24, 2.45) is 0 Å². The molecule has 0 aliphatic heterocycles. The Kier molecular flexibility index (Phi) is 4.56. The number of benzene rings is 4. The summed E-state index contributed by atoms with van der Waals surface area (Å²) < 4.78 is 6.05. The zero-order chi connectivity index (χ0) is 19.7. The maximum absolute atomic E-state index is 9.73. The quantitative estimate of drug-likeness (QED) is 0.419. The summed E-state index contributed by atoms with van der Waals surface area (Å²) >= 11 is 0. The van der Waals surface area contributed by atoms with Gasteiger partial charge in [0.2, 0.25) is 0 Å². The summed E-state index contributed by atoms with van der Waals surface area (Å²) in [5.41, 5.74) is 4.33. The monoisotopic (exact) mass is 368 g/mol. The first-order valence-electron chi connectivity index (χ1n) is 9.51. The van der Waals surface area contributed by atoms with E-state index in [1.54, 1.807) is 12.1 Å². The molecule has 0 saturated heterocycles. The minimum Gasteiger partial charge on any atom is -0.508 e. The lowest BCUT2D eigenvalue weighted by Gasteiger charge is -2.22. The third kappa shape index (κ3) is 3.72. The number of hydrogen-bond acceptors (Lipinski definition) is 2.